The third kappa shape index (κ3) is 3.00. The number of anilines is 1. The molecule has 4 N–H and O–H groups in total. The van der Waals surface area contributed by atoms with Crippen LogP contribution in [0.25, 0.3) is 0 Å². The van der Waals surface area contributed by atoms with Crippen molar-refractivity contribution in [1.82, 2.24) is 14.7 Å². The lowest BCUT2D eigenvalue weighted by Gasteiger charge is -2.13. The summed E-state index contributed by atoms with van der Waals surface area (Å²) in [4.78, 5) is 6.98. The van der Waals surface area contributed by atoms with Crippen LogP contribution in [-0.2, 0) is 16.4 Å². The standard InChI is InChI=1S/C13H18N4O2S/c1-9-3-4-10(2)13(12(9)14)20(18,19)17-6-5-11-7-15-8-16-11/h3-4,7-8,17H,5-6,14H2,1-2H3,(H,15,16). The number of hydrogen-bond donors (Lipinski definition) is 3. The first-order valence-electron chi connectivity index (χ1n) is 6.24. The lowest BCUT2D eigenvalue weighted by Crippen LogP contribution is -2.27. The number of nitrogens with one attached hydrogen (secondary N) is 2. The second kappa shape index (κ2) is 5.64. The molecule has 0 radical (unpaired) electrons. The Bertz CT molecular complexity index is 693. The van der Waals surface area contributed by atoms with Gasteiger partial charge in [0.15, 0.2) is 0 Å². The molecule has 0 saturated carbocycles. The van der Waals surface area contributed by atoms with E-state index in [9.17, 15) is 8.42 Å². The van der Waals surface area contributed by atoms with Gasteiger partial charge in [0.05, 0.1) is 12.0 Å². The summed E-state index contributed by atoms with van der Waals surface area (Å²) in [6.45, 7) is 3.81. The number of aryl methyl sites for hydroxylation is 2. The molecule has 108 valence electrons. The van der Waals surface area contributed by atoms with E-state index in [4.69, 9.17) is 5.73 Å². The van der Waals surface area contributed by atoms with E-state index in [1.54, 1.807) is 32.4 Å². The van der Waals surface area contributed by atoms with Crippen LogP contribution < -0.4 is 10.5 Å². The molecular weight excluding hydrogens is 276 g/mol. The van der Waals surface area contributed by atoms with E-state index in [2.05, 4.69) is 14.7 Å². The van der Waals surface area contributed by atoms with Crippen molar-refractivity contribution in [1.29, 1.82) is 0 Å². The first-order valence-corrected chi connectivity index (χ1v) is 7.72. The molecule has 1 aromatic carbocycles. The molecule has 1 heterocycles. The van der Waals surface area contributed by atoms with Gasteiger partial charge >= 0.3 is 0 Å². The van der Waals surface area contributed by atoms with Gasteiger partial charge in [0.25, 0.3) is 0 Å². The molecule has 6 nitrogen and oxygen atoms in total. The van der Waals surface area contributed by atoms with Crippen LogP contribution in [0.4, 0.5) is 5.69 Å². The smallest absolute Gasteiger partial charge is 0.242 e. The van der Waals surface area contributed by atoms with Gasteiger partial charge in [0, 0.05) is 24.9 Å². The molecule has 0 atom stereocenters. The van der Waals surface area contributed by atoms with Crippen LogP contribution in [0.1, 0.15) is 16.8 Å². The number of hydrogen-bond acceptors (Lipinski definition) is 4. The molecule has 0 fully saturated rings. The minimum Gasteiger partial charge on any atom is -0.397 e. The third-order valence-corrected chi connectivity index (χ3v) is 4.78. The Morgan fingerprint density at radius 3 is 2.65 bits per heavy atom. The lowest BCUT2D eigenvalue weighted by atomic mass is 10.1. The fourth-order valence-corrected chi connectivity index (χ4v) is 3.43. The van der Waals surface area contributed by atoms with E-state index in [1.165, 1.54) is 0 Å². The first-order chi connectivity index (χ1) is 9.42. The maximum Gasteiger partial charge on any atom is 0.242 e. The SMILES string of the molecule is Cc1ccc(C)c(S(=O)(=O)NCCc2cnc[nH]2)c1N. The number of imidazole rings is 1. The van der Waals surface area contributed by atoms with Crippen LogP contribution in [0.2, 0.25) is 0 Å². The minimum absolute atomic E-state index is 0.169. The van der Waals surface area contributed by atoms with Crippen molar-refractivity contribution in [2.45, 2.75) is 25.2 Å². The molecule has 0 aliphatic heterocycles. The average Bonchev–Trinajstić information content (AvgIpc) is 2.87. The van der Waals surface area contributed by atoms with Crippen LogP contribution >= 0.6 is 0 Å². The van der Waals surface area contributed by atoms with Gasteiger partial charge in [-0.2, -0.15) is 0 Å². The average molecular weight is 294 g/mol. The highest BCUT2D eigenvalue weighted by Gasteiger charge is 2.20. The molecule has 0 aliphatic carbocycles. The molecule has 1 aromatic heterocycles. The van der Waals surface area contributed by atoms with Crippen molar-refractivity contribution in [3.05, 3.63) is 41.5 Å². The molecule has 2 rings (SSSR count). The molecule has 0 bridgehead atoms. The van der Waals surface area contributed by atoms with E-state index >= 15 is 0 Å². The Morgan fingerprint density at radius 2 is 2.00 bits per heavy atom. The predicted molar refractivity (Wildman–Crippen MR) is 77.8 cm³/mol. The van der Waals surface area contributed by atoms with Gasteiger partial charge in [-0.3, -0.25) is 0 Å². The Labute approximate surface area is 118 Å². The molecule has 0 spiro atoms. The molecule has 0 amide bonds. The quantitative estimate of drug-likeness (QED) is 0.719. The maximum atomic E-state index is 12.3. The normalized spacial score (nSPS) is 11.7. The molecule has 20 heavy (non-hydrogen) atoms. The van der Waals surface area contributed by atoms with Gasteiger partial charge in [-0.1, -0.05) is 12.1 Å². The number of nitrogens with zero attached hydrogens (tertiary/aromatic N) is 1. The van der Waals surface area contributed by atoms with E-state index in [0.29, 0.717) is 17.7 Å². The monoisotopic (exact) mass is 294 g/mol. The number of aromatic nitrogens is 2. The topological polar surface area (TPSA) is 101 Å². The molecule has 0 unspecified atom stereocenters. The van der Waals surface area contributed by atoms with E-state index in [-0.39, 0.29) is 11.4 Å². The fraction of sp³-hybridized carbons (Fsp3) is 0.308. The zero-order valence-electron chi connectivity index (χ0n) is 11.5. The Kier molecular flexibility index (Phi) is 4.10. The number of aromatic amines is 1. The number of nitrogen functional groups attached to an aromatic ring is 1. The number of rotatable bonds is 5. The summed E-state index contributed by atoms with van der Waals surface area (Å²) in [7, 11) is -3.61. The Balaban J connectivity index is 2.16. The predicted octanol–water partition coefficient (Wildman–Crippen LogP) is 1.13. The van der Waals surface area contributed by atoms with Gasteiger partial charge in [0.1, 0.15) is 4.90 Å². The van der Waals surface area contributed by atoms with E-state index in [1.807, 2.05) is 6.07 Å². The summed E-state index contributed by atoms with van der Waals surface area (Å²) in [6.07, 6.45) is 3.77. The van der Waals surface area contributed by atoms with Crippen molar-refractivity contribution in [3.63, 3.8) is 0 Å². The summed E-state index contributed by atoms with van der Waals surface area (Å²) in [5.41, 5.74) is 8.48. The van der Waals surface area contributed by atoms with Gasteiger partial charge in [-0.25, -0.2) is 18.1 Å². The van der Waals surface area contributed by atoms with Crippen LogP contribution in [0.5, 0.6) is 0 Å². The van der Waals surface area contributed by atoms with Crippen LogP contribution in [-0.4, -0.2) is 24.9 Å². The molecule has 7 heteroatoms. The second-order valence-corrected chi connectivity index (χ2v) is 6.37. The zero-order valence-corrected chi connectivity index (χ0v) is 12.3. The van der Waals surface area contributed by atoms with Gasteiger partial charge in [-0.15, -0.1) is 0 Å². The molecular formula is C13H18N4O2S. The minimum atomic E-state index is -3.61. The van der Waals surface area contributed by atoms with Crippen LogP contribution in [0.15, 0.2) is 29.6 Å². The molecule has 2 aromatic rings. The van der Waals surface area contributed by atoms with Gasteiger partial charge < -0.3 is 10.7 Å². The van der Waals surface area contributed by atoms with Crippen molar-refractivity contribution in [2.75, 3.05) is 12.3 Å². The maximum absolute atomic E-state index is 12.3. The number of H-pyrrole nitrogens is 1. The van der Waals surface area contributed by atoms with Crippen molar-refractivity contribution in [3.8, 4) is 0 Å². The molecule has 0 aliphatic rings. The highest BCUT2D eigenvalue weighted by atomic mass is 32.2. The van der Waals surface area contributed by atoms with Crippen molar-refractivity contribution in [2.24, 2.45) is 0 Å². The summed E-state index contributed by atoms with van der Waals surface area (Å²) in [5, 5.41) is 0. The van der Waals surface area contributed by atoms with Gasteiger partial charge in [-0.05, 0) is 25.0 Å². The Morgan fingerprint density at radius 1 is 1.30 bits per heavy atom. The number of sulfonamides is 1. The summed E-state index contributed by atoms with van der Waals surface area (Å²) in [5.74, 6) is 0. The molecule has 0 saturated heterocycles. The Hall–Kier alpha value is -1.86. The van der Waals surface area contributed by atoms with Crippen LogP contribution in [0.3, 0.4) is 0 Å². The van der Waals surface area contributed by atoms with Crippen molar-refractivity contribution < 1.29 is 8.42 Å². The highest BCUT2D eigenvalue weighted by Crippen LogP contribution is 2.25. The van der Waals surface area contributed by atoms with E-state index < -0.39 is 10.0 Å². The van der Waals surface area contributed by atoms with Crippen LogP contribution in [0, 0.1) is 13.8 Å². The van der Waals surface area contributed by atoms with Gasteiger partial charge in [0.2, 0.25) is 10.0 Å². The number of benzene rings is 1. The summed E-state index contributed by atoms with van der Waals surface area (Å²) >= 11 is 0. The fourth-order valence-electron chi connectivity index (χ4n) is 1.98. The van der Waals surface area contributed by atoms with Crippen molar-refractivity contribution >= 4 is 15.7 Å². The van der Waals surface area contributed by atoms with E-state index in [0.717, 1.165) is 11.3 Å². The highest BCUT2D eigenvalue weighted by molar-refractivity contribution is 7.89. The number of nitrogens with two attached hydrogens (primary N) is 1. The zero-order chi connectivity index (χ0) is 14.8. The third-order valence-electron chi connectivity index (χ3n) is 3.12. The lowest BCUT2D eigenvalue weighted by molar-refractivity contribution is 0.581. The first kappa shape index (κ1) is 14.5. The largest absolute Gasteiger partial charge is 0.397 e. The summed E-state index contributed by atoms with van der Waals surface area (Å²) < 4.78 is 27.2. The summed E-state index contributed by atoms with van der Waals surface area (Å²) in [6, 6.07) is 3.57. The second-order valence-electron chi connectivity index (χ2n) is 4.67.